The molecule has 4 heteroatoms. The van der Waals surface area contributed by atoms with E-state index < -0.39 is 0 Å². The lowest BCUT2D eigenvalue weighted by Gasteiger charge is -2.17. The van der Waals surface area contributed by atoms with E-state index >= 15 is 0 Å². The second-order valence-electron chi connectivity index (χ2n) is 4.31. The van der Waals surface area contributed by atoms with E-state index in [1.807, 2.05) is 32.0 Å². The van der Waals surface area contributed by atoms with Crippen molar-refractivity contribution < 1.29 is 14.0 Å². The fourth-order valence-corrected chi connectivity index (χ4v) is 2.11. The van der Waals surface area contributed by atoms with Gasteiger partial charge >= 0.3 is 0 Å². The molecule has 100 valence electrons. The fraction of sp³-hybridized carbons (Fsp3) is 0.333. The van der Waals surface area contributed by atoms with Crippen LogP contribution in [0, 0.1) is 0 Å². The highest BCUT2D eigenvalue weighted by atomic mass is 16.3. The Balaban J connectivity index is 2.18. The SMILES string of the molecule is CCN(CC)C(=O)CC(=O)c1coc2ccccc12. The predicted octanol–water partition coefficient (Wildman–Crippen LogP) is 2.87. The Morgan fingerprint density at radius 1 is 1.16 bits per heavy atom. The van der Waals surface area contributed by atoms with Crippen LogP contribution in [0.1, 0.15) is 30.6 Å². The first-order chi connectivity index (χ1) is 9.17. The second-order valence-corrected chi connectivity index (χ2v) is 4.31. The highest BCUT2D eigenvalue weighted by molar-refractivity contribution is 6.13. The standard InChI is InChI=1S/C15H17NO3/c1-3-16(4-2)15(18)9-13(17)12-10-19-14-8-6-5-7-11(12)14/h5-8,10H,3-4,9H2,1-2H3. The summed E-state index contributed by atoms with van der Waals surface area (Å²) in [5, 5.41) is 0.764. The van der Waals surface area contributed by atoms with Crippen molar-refractivity contribution in [3.05, 3.63) is 36.1 Å². The third-order valence-electron chi connectivity index (χ3n) is 3.21. The number of carbonyl (C=O) groups is 2. The van der Waals surface area contributed by atoms with Crippen molar-refractivity contribution in [2.75, 3.05) is 13.1 Å². The molecule has 2 rings (SSSR count). The van der Waals surface area contributed by atoms with Crippen LogP contribution in [-0.4, -0.2) is 29.7 Å². The van der Waals surface area contributed by atoms with Crippen LogP contribution in [0.3, 0.4) is 0 Å². The number of Topliss-reactive ketones (excluding diaryl/α,β-unsaturated/α-hetero) is 1. The molecule has 0 aliphatic carbocycles. The summed E-state index contributed by atoms with van der Waals surface area (Å²) in [7, 11) is 0. The molecule has 0 saturated carbocycles. The van der Waals surface area contributed by atoms with Gasteiger partial charge in [-0.1, -0.05) is 18.2 Å². The highest BCUT2D eigenvalue weighted by Gasteiger charge is 2.19. The van der Waals surface area contributed by atoms with Gasteiger partial charge < -0.3 is 9.32 Å². The number of amides is 1. The normalized spacial score (nSPS) is 10.6. The number of hydrogen-bond donors (Lipinski definition) is 0. The molecule has 0 unspecified atom stereocenters. The summed E-state index contributed by atoms with van der Waals surface area (Å²) in [4.78, 5) is 25.7. The first-order valence-electron chi connectivity index (χ1n) is 6.44. The topological polar surface area (TPSA) is 50.5 Å². The third kappa shape index (κ3) is 2.67. The van der Waals surface area contributed by atoms with Gasteiger partial charge in [0, 0.05) is 18.5 Å². The Kier molecular flexibility index (Phi) is 4.00. The van der Waals surface area contributed by atoms with Gasteiger partial charge in [0.15, 0.2) is 5.78 Å². The van der Waals surface area contributed by atoms with Crippen LogP contribution in [-0.2, 0) is 4.79 Å². The molecule has 0 aliphatic heterocycles. The molecule has 0 radical (unpaired) electrons. The van der Waals surface area contributed by atoms with Gasteiger partial charge in [-0.2, -0.15) is 0 Å². The fourth-order valence-electron chi connectivity index (χ4n) is 2.11. The quantitative estimate of drug-likeness (QED) is 0.613. The largest absolute Gasteiger partial charge is 0.464 e. The third-order valence-corrected chi connectivity index (χ3v) is 3.21. The van der Waals surface area contributed by atoms with Crippen LogP contribution < -0.4 is 0 Å². The molecule has 1 aromatic carbocycles. The number of nitrogens with zero attached hydrogens (tertiary/aromatic N) is 1. The number of para-hydroxylation sites is 1. The minimum atomic E-state index is -0.193. The Hall–Kier alpha value is -2.10. The molecule has 1 amide bonds. The van der Waals surface area contributed by atoms with E-state index in [4.69, 9.17) is 4.42 Å². The van der Waals surface area contributed by atoms with E-state index in [0.29, 0.717) is 24.2 Å². The Morgan fingerprint density at radius 2 is 1.84 bits per heavy atom. The van der Waals surface area contributed by atoms with E-state index in [-0.39, 0.29) is 18.1 Å². The lowest BCUT2D eigenvalue weighted by atomic mass is 10.1. The zero-order valence-electron chi connectivity index (χ0n) is 11.2. The minimum Gasteiger partial charge on any atom is -0.464 e. The van der Waals surface area contributed by atoms with E-state index in [1.54, 1.807) is 11.0 Å². The number of carbonyl (C=O) groups excluding carboxylic acids is 2. The summed E-state index contributed by atoms with van der Waals surface area (Å²) in [5.74, 6) is -0.331. The molecule has 0 atom stereocenters. The van der Waals surface area contributed by atoms with Crippen molar-refractivity contribution in [3.8, 4) is 0 Å². The maximum Gasteiger partial charge on any atom is 0.230 e. The maximum absolute atomic E-state index is 12.2. The molecule has 1 aromatic heterocycles. The van der Waals surface area contributed by atoms with Crippen molar-refractivity contribution in [1.29, 1.82) is 0 Å². The molecule has 0 saturated heterocycles. The molecular formula is C15H17NO3. The zero-order chi connectivity index (χ0) is 13.8. The molecule has 19 heavy (non-hydrogen) atoms. The lowest BCUT2D eigenvalue weighted by molar-refractivity contribution is -0.129. The first-order valence-corrected chi connectivity index (χ1v) is 6.44. The maximum atomic E-state index is 12.2. The van der Waals surface area contributed by atoms with Crippen LogP contribution in [0.4, 0.5) is 0 Å². The number of fused-ring (bicyclic) bond motifs is 1. The molecule has 0 spiro atoms. The summed E-state index contributed by atoms with van der Waals surface area (Å²) in [6.07, 6.45) is 1.33. The lowest BCUT2D eigenvalue weighted by Crippen LogP contribution is -2.31. The Labute approximate surface area is 112 Å². The van der Waals surface area contributed by atoms with Crippen LogP contribution in [0.2, 0.25) is 0 Å². The molecule has 0 aliphatic rings. The summed E-state index contributed by atoms with van der Waals surface area (Å²) in [5.41, 5.74) is 1.15. The summed E-state index contributed by atoms with van der Waals surface area (Å²) < 4.78 is 5.32. The molecule has 2 aromatic rings. The van der Waals surface area contributed by atoms with E-state index in [0.717, 1.165) is 5.39 Å². The average Bonchev–Trinajstić information content (AvgIpc) is 2.84. The van der Waals surface area contributed by atoms with Gasteiger partial charge in [0.05, 0.1) is 12.0 Å². The predicted molar refractivity (Wildman–Crippen MR) is 73.1 cm³/mol. The van der Waals surface area contributed by atoms with Crippen molar-refractivity contribution in [1.82, 2.24) is 4.90 Å². The van der Waals surface area contributed by atoms with E-state index in [2.05, 4.69) is 0 Å². The van der Waals surface area contributed by atoms with Gasteiger partial charge in [0.2, 0.25) is 5.91 Å². The minimum absolute atomic E-state index is 0.106. The van der Waals surface area contributed by atoms with Gasteiger partial charge in [-0.05, 0) is 19.9 Å². The summed E-state index contributed by atoms with van der Waals surface area (Å²) >= 11 is 0. The monoisotopic (exact) mass is 259 g/mol. The number of ketones is 1. The summed E-state index contributed by atoms with van der Waals surface area (Å²) in [6.45, 7) is 5.04. The smallest absolute Gasteiger partial charge is 0.230 e. The Morgan fingerprint density at radius 3 is 2.53 bits per heavy atom. The molecule has 0 bridgehead atoms. The summed E-state index contributed by atoms with van der Waals surface area (Å²) in [6, 6.07) is 7.33. The van der Waals surface area contributed by atoms with E-state index in [9.17, 15) is 9.59 Å². The van der Waals surface area contributed by atoms with Gasteiger partial charge in [0.1, 0.15) is 11.8 Å². The second kappa shape index (κ2) is 5.69. The van der Waals surface area contributed by atoms with Crippen LogP contribution in [0.5, 0.6) is 0 Å². The molecule has 4 nitrogen and oxygen atoms in total. The molecule has 1 heterocycles. The van der Waals surface area contributed by atoms with Gasteiger partial charge in [-0.25, -0.2) is 0 Å². The van der Waals surface area contributed by atoms with E-state index in [1.165, 1.54) is 6.26 Å². The number of furan rings is 1. The highest BCUT2D eigenvalue weighted by Crippen LogP contribution is 2.22. The Bertz CT molecular complexity index is 596. The number of rotatable bonds is 5. The average molecular weight is 259 g/mol. The van der Waals surface area contributed by atoms with Crippen LogP contribution in [0.25, 0.3) is 11.0 Å². The van der Waals surface area contributed by atoms with Crippen molar-refractivity contribution >= 4 is 22.7 Å². The number of hydrogen-bond acceptors (Lipinski definition) is 3. The van der Waals surface area contributed by atoms with Crippen molar-refractivity contribution in [3.63, 3.8) is 0 Å². The zero-order valence-corrected chi connectivity index (χ0v) is 11.2. The van der Waals surface area contributed by atoms with Crippen molar-refractivity contribution in [2.45, 2.75) is 20.3 Å². The van der Waals surface area contributed by atoms with Crippen molar-refractivity contribution in [2.24, 2.45) is 0 Å². The molecule has 0 N–H and O–H groups in total. The van der Waals surface area contributed by atoms with Gasteiger partial charge in [-0.3, -0.25) is 9.59 Å². The van der Waals surface area contributed by atoms with Crippen LogP contribution >= 0.6 is 0 Å². The van der Waals surface area contributed by atoms with Crippen LogP contribution in [0.15, 0.2) is 34.9 Å². The van der Waals surface area contributed by atoms with Gasteiger partial charge in [0.25, 0.3) is 0 Å². The molecule has 0 fully saturated rings. The number of benzene rings is 1. The molecular weight excluding hydrogens is 242 g/mol. The first kappa shape index (κ1) is 13.3. The van der Waals surface area contributed by atoms with Gasteiger partial charge in [-0.15, -0.1) is 0 Å².